The lowest BCUT2D eigenvalue weighted by Crippen LogP contribution is -2.72. The Kier molecular flexibility index (Phi) is 3.23. The summed E-state index contributed by atoms with van der Waals surface area (Å²) in [7, 11) is 0. The van der Waals surface area contributed by atoms with Crippen LogP contribution in [0.4, 0.5) is 0 Å². The first kappa shape index (κ1) is 13.6. The molecule has 1 N–H and O–H groups in total. The molecule has 2 amide bonds. The van der Waals surface area contributed by atoms with Gasteiger partial charge in [-0.3, -0.25) is 9.59 Å². The second-order valence-electron chi connectivity index (χ2n) is 7.56. The third kappa shape index (κ3) is 2.18. The highest BCUT2D eigenvalue weighted by atomic mass is 16.2. The van der Waals surface area contributed by atoms with Crippen molar-refractivity contribution in [3.05, 3.63) is 0 Å². The fourth-order valence-corrected chi connectivity index (χ4v) is 4.79. The highest BCUT2D eigenvalue weighted by Gasteiger charge is 2.56. The third-order valence-corrected chi connectivity index (χ3v) is 6.07. The molecule has 1 saturated heterocycles. The predicted octanol–water partition coefficient (Wildman–Crippen LogP) is 2.37. The van der Waals surface area contributed by atoms with Crippen molar-refractivity contribution >= 4 is 11.8 Å². The lowest BCUT2D eigenvalue weighted by molar-refractivity contribution is -0.160. The summed E-state index contributed by atoms with van der Waals surface area (Å²) >= 11 is 0. The largest absolute Gasteiger partial charge is 0.340 e. The van der Waals surface area contributed by atoms with E-state index in [9.17, 15) is 9.59 Å². The quantitative estimate of drug-likeness (QED) is 0.849. The maximum Gasteiger partial charge on any atom is 0.249 e. The van der Waals surface area contributed by atoms with Gasteiger partial charge in [0.2, 0.25) is 11.8 Å². The summed E-state index contributed by atoms with van der Waals surface area (Å²) in [5.41, 5.74) is -0.552. The number of carbonyl (C=O) groups is 2. The van der Waals surface area contributed by atoms with E-state index in [1.54, 1.807) is 0 Å². The van der Waals surface area contributed by atoms with E-state index in [2.05, 4.69) is 10.2 Å². The third-order valence-electron chi connectivity index (χ3n) is 6.07. The van der Waals surface area contributed by atoms with E-state index in [-0.39, 0.29) is 17.9 Å². The van der Waals surface area contributed by atoms with Crippen molar-refractivity contribution in [3.8, 4) is 0 Å². The number of hydrogen-bond donors (Lipinski definition) is 1. The van der Waals surface area contributed by atoms with Crippen molar-refractivity contribution in [2.24, 2.45) is 5.92 Å². The van der Waals surface area contributed by atoms with Gasteiger partial charge in [0.25, 0.3) is 0 Å². The van der Waals surface area contributed by atoms with Crippen molar-refractivity contribution in [3.63, 3.8) is 0 Å². The zero-order valence-electron chi connectivity index (χ0n) is 12.8. The molecule has 3 aliphatic carbocycles. The van der Waals surface area contributed by atoms with Crippen LogP contribution in [0.5, 0.6) is 0 Å². The number of rotatable bonds is 2. The molecule has 4 nitrogen and oxygen atoms in total. The van der Waals surface area contributed by atoms with E-state index in [4.69, 9.17) is 0 Å². The fraction of sp³-hybridized carbons (Fsp3) is 0.882. The molecule has 0 aromatic heterocycles. The van der Waals surface area contributed by atoms with Crippen LogP contribution in [-0.4, -0.2) is 34.3 Å². The fourth-order valence-electron chi connectivity index (χ4n) is 4.79. The molecule has 0 aromatic carbocycles. The molecule has 1 unspecified atom stereocenters. The summed E-state index contributed by atoms with van der Waals surface area (Å²) in [6, 6.07) is 0.168. The smallest absolute Gasteiger partial charge is 0.249 e. The van der Waals surface area contributed by atoms with E-state index in [1.807, 2.05) is 0 Å². The van der Waals surface area contributed by atoms with Gasteiger partial charge in [-0.1, -0.05) is 32.1 Å². The standard InChI is InChI=1S/C17H26N2O2/c20-15-14(12-8-9-12)19(13-6-2-3-7-13)16(21)17(18-15)10-4-1-5-11-17/h12-14H,1-11H2,(H,18,20). The van der Waals surface area contributed by atoms with Gasteiger partial charge in [0.05, 0.1) is 0 Å². The number of carbonyl (C=O) groups excluding carboxylic acids is 2. The molecule has 3 saturated carbocycles. The molecule has 4 fully saturated rings. The van der Waals surface area contributed by atoms with Gasteiger partial charge in [0.15, 0.2) is 0 Å². The molecule has 0 radical (unpaired) electrons. The Morgan fingerprint density at radius 2 is 1.57 bits per heavy atom. The molecule has 1 spiro atoms. The van der Waals surface area contributed by atoms with Gasteiger partial charge in [0, 0.05) is 6.04 Å². The van der Waals surface area contributed by atoms with Crippen LogP contribution in [0, 0.1) is 5.92 Å². The molecule has 4 rings (SSSR count). The van der Waals surface area contributed by atoms with Gasteiger partial charge in [-0.15, -0.1) is 0 Å². The Morgan fingerprint density at radius 1 is 0.905 bits per heavy atom. The normalized spacial score (nSPS) is 33.5. The Labute approximate surface area is 126 Å². The molecular weight excluding hydrogens is 264 g/mol. The molecule has 0 bridgehead atoms. The van der Waals surface area contributed by atoms with Crippen molar-refractivity contribution in [2.75, 3.05) is 0 Å². The number of piperazine rings is 1. The summed E-state index contributed by atoms with van der Waals surface area (Å²) in [4.78, 5) is 28.1. The number of hydrogen-bond acceptors (Lipinski definition) is 2. The van der Waals surface area contributed by atoms with Crippen molar-refractivity contribution in [1.82, 2.24) is 10.2 Å². The number of nitrogens with one attached hydrogen (secondary N) is 1. The van der Waals surface area contributed by atoms with Gasteiger partial charge in [-0.05, 0) is 44.4 Å². The Balaban J connectivity index is 1.66. The monoisotopic (exact) mass is 290 g/mol. The maximum atomic E-state index is 13.3. The van der Waals surface area contributed by atoms with Crippen molar-refractivity contribution in [1.29, 1.82) is 0 Å². The maximum absolute atomic E-state index is 13.3. The number of amides is 2. The lowest BCUT2D eigenvalue weighted by atomic mass is 9.77. The van der Waals surface area contributed by atoms with E-state index >= 15 is 0 Å². The van der Waals surface area contributed by atoms with Crippen LogP contribution in [0.1, 0.15) is 70.6 Å². The zero-order valence-corrected chi connectivity index (χ0v) is 12.8. The van der Waals surface area contributed by atoms with E-state index in [0.29, 0.717) is 12.0 Å². The van der Waals surface area contributed by atoms with Crippen LogP contribution in [0.25, 0.3) is 0 Å². The summed E-state index contributed by atoms with van der Waals surface area (Å²) in [5, 5.41) is 3.18. The van der Waals surface area contributed by atoms with E-state index in [0.717, 1.165) is 51.4 Å². The van der Waals surface area contributed by atoms with Crippen LogP contribution in [0.2, 0.25) is 0 Å². The minimum Gasteiger partial charge on any atom is -0.340 e. The summed E-state index contributed by atoms with van der Waals surface area (Å²) in [6.45, 7) is 0. The lowest BCUT2D eigenvalue weighted by Gasteiger charge is -2.50. The first-order valence-electron chi connectivity index (χ1n) is 8.86. The van der Waals surface area contributed by atoms with E-state index in [1.165, 1.54) is 19.3 Å². The van der Waals surface area contributed by atoms with Gasteiger partial charge < -0.3 is 10.2 Å². The topological polar surface area (TPSA) is 49.4 Å². The Hall–Kier alpha value is -1.06. The summed E-state index contributed by atoms with van der Waals surface area (Å²) in [6.07, 6.45) is 11.9. The van der Waals surface area contributed by atoms with Crippen LogP contribution >= 0.6 is 0 Å². The van der Waals surface area contributed by atoms with Gasteiger partial charge >= 0.3 is 0 Å². The highest BCUT2D eigenvalue weighted by Crippen LogP contribution is 2.43. The second-order valence-corrected chi connectivity index (χ2v) is 7.56. The first-order valence-corrected chi connectivity index (χ1v) is 8.86. The average Bonchev–Trinajstić information content (AvgIpc) is 3.17. The van der Waals surface area contributed by atoms with Gasteiger partial charge in [0.1, 0.15) is 11.6 Å². The Morgan fingerprint density at radius 3 is 2.19 bits per heavy atom. The van der Waals surface area contributed by atoms with Gasteiger partial charge in [-0.25, -0.2) is 0 Å². The van der Waals surface area contributed by atoms with Crippen LogP contribution in [0.15, 0.2) is 0 Å². The van der Waals surface area contributed by atoms with Crippen molar-refractivity contribution < 1.29 is 9.59 Å². The molecule has 4 aliphatic rings. The predicted molar refractivity (Wildman–Crippen MR) is 79.6 cm³/mol. The zero-order chi connectivity index (χ0) is 14.4. The molecule has 116 valence electrons. The minimum atomic E-state index is -0.552. The van der Waals surface area contributed by atoms with Crippen molar-refractivity contribution in [2.45, 2.75) is 88.3 Å². The van der Waals surface area contributed by atoms with Gasteiger partial charge in [-0.2, -0.15) is 0 Å². The SMILES string of the molecule is O=C1NC2(CCCCC2)C(=O)N(C2CCCC2)C1C1CC1. The van der Waals surface area contributed by atoms with Crippen LogP contribution in [-0.2, 0) is 9.59 Å². The molecule has 1 heterocycles. The molecule has 21 heavy (non-hydrogen) atoms. The molecule has 0 aromatic rings. The Bertz CT molecular complexity index is 446. The summed E-state index contributed by atoms with van der Waals surface area (Å²) in [5.74, 6) is 0.826. The summed E-state index contributed by atoms with van der Waals surface area (Å²) < 4.78 is 0. The minimum absolute atomic E-state index is 0.144. The molecule has 1 aliphatic heterocycles. The first-order chi connectivity index (χ1) is 10.2. The molecular formula is C17H26N2O2. The van der Waals surface area contributed by atoms with Crippen LogP contribution < -0.4 is 5.32 Å². The number of nitrogens with zero attached hydrogens (tertiary/aromatic N) is 1. The molecule has 1 atom stereocenters. The molecule has 4 heteroatoms. The highest BCUT2D eigenvalue weighted by molar-refractivity contribution is 6.00. The average molecular weight is 290 g/mol. The van der Waals surface area contributed by atoms with E-state index < -0.39 is 5.54 Å². The second kappa shape index (κ2) is 4.99. The van der Waals surface area contributed by atoms with Crippen LogP contribution in [0.3, 0.4) is 0 Å².